The lowest BCUT2D eigenvalue weighted by molar-refractivity contribution is 0.0723. The first-order valence-corrected chi connectivity index (χ1v) is 11.5. The molecule has 2 amide bonds. The number of rotatable bonds is 4. The smallest absolute Gasteiger partial charge is 0.273 e. The lowest BCUT2D eigenvalue weighted by Gasteiger charge is -2.31. The van der Waals surface area contributed by atoms with Crippen LogP contribution in [0.15, 0.2) is 24.5 Å². The highest BCUT2D eigenvalue weighted by atomic mass is 16.2. The Bertz CT molecular complexity index is 1020. The van der Waals surface area contributed by atoms with Gasteiger partial charge in [-0.3, -0.25) is 9.59 Å². The van der Waals surface area contributed by atoms with Gasteiger partial charge in [-0.05, 0) is 56.2 Å². The molecule has 7 nitrogen and oxygen atoms in total. The van der Waals surface area contributed by atoms with Crippen molar-refractivity contribution in [3.8, 4) is 0 Å². The summed E-state index contributed by atoms with van der Waals surface area (Å²) < 4.78 is 0. The molecule has 0 spiro atoms. The second-order valence-electron chi connectivity index (χ2n) is 8.74. The summed E-state index contributed by atoms with van der Waals surface area (Å²) >= 11 is 0. The first-order valence-electron chi connectivity index (χ1n) is 11.5. The van der Waals surface area contributed by atoms with E-state index in [1.165, 1.54) is 6.42 Å². The molecule has 1 saturated heterocycles. The van der Waals surface area contributed by atoms with Crippen LogP contribution in [0, 0.1) is 0 Å². The van der Waals surface area contributed by atoms with Gasteiger partial charge in [0.25, 0.3) is 11.8 Å². The molecule has 162 valence electrons. The zero-order valence-corrected chi connectivity index (χ0v) is 18.1. The molecule has 2 aromatic heterocycles. The molecule has 1 fully saturated rings. The minimum absolute atomic E-state index is 0.0291. The van der Waals surface area contributed by atoms with E-state index in [-0.39, 0.29) is 11.8 Å². The summed E-state index contributed by atoms with van der Waals surface area (Å²) in [4.78, 5) is 40.6. The van der Waals surface area contributed by atoms with Crippen LogP contribution < -0.4 is 4.90 Å². The Morgan fingerprint density at radius 3 is 2.65 bits per heavy atom. The predicted molar refractivity (Wildman–Crippen MR) is 119 cm³/mol. The average molecular weight is 420 g/mol. The van der Waals surface area contributed by atoms with Gasteiger partial charge in [0.2, 0.25) is 0 Å². The van der Waals surface area contributed by atoms with Gasteiger partial charge in [0.1, 0.15) is 11.5 Å². The number of aryl methyl sites for hydroxylation is 1. The Hall–Kier alpha value is -2.96. The number of carbonyl (C=O) groups is 2. The van der Waals surface area contributed by atoms with Crippen LogP contribution in [-0.4, -0.2) is 57.8 Å². The summed E-state index contributed by atoms with van der Waals surface area (Å²) in [7, 11) is 0. The minimum Gasteiger partial charge on any atom is -0.339 e. The van der Waals surface area contributed by atoms with Crippen molar-refractivity contribution < 1.29 is 9.59 Å². The van der Waals surface area contributed by atoms with Gasteiger partial charge < -0.3 is 14.7 Å². The number of fused-ring (bicyclic) bond motifs is 2. The molecule has 0 aromatic carbocycles. The maximum Gasteiger partial charge on any atom is 0.273 e. The highest BCUT2D eigenvalue weighted by molar-refractivity contribution is 5.97. The highest BCUT2D eigenvalue weighted by Gasteiger charge is 2.30. The van der Waals surface area contributed by atoms with Crippen LogP contribution in [0.1, 0.15) is 71.0 Å². The van der Waals surface area contributed by atoms with Crippen molar-refractivity contribution in [3.05, 3.63) is 46.9 Å². The Kier molecular flexibility index (Phi) is 5.34. The third-order valence-electron chi connectivity index (χ3n) is 6.52. The van der Waals surface area contributed by atoms with Gasteiger partial charge in [0.05, 0.1) is 17.4 Å². The fourth-order valence-corrected chi connectivity index (χ4v) is 4.95. The van der Waals surface area contributed by atoms with Crippen LogP contribution in [0.25, 0.3) is 0 Å². The zero-order chi connectivity index (χ0) is 21.4. The lowest BCUT2D eigenvalue weighted by atomic mass is 10.0. The number of hydrogen-bond acceptors (Lipinski definition) is 5. The fourth-order valence-electron chi connectivity index (χ4n) is 4.95. The molecule has 31 heavy (non-hydrogen) atoms. The van der Waals surface area contributed by atoms with E-state index in [0.717, 1.165) is 80.9 Å². The fraction of sp³-hybridized carbons (Fsp3) is 0.500. The number of hydrogen-bond donors (Lipinski definition) is 0. The first-order chi connectivity index (χ1) is 15.2. The standard InChI is InChI=1S/C24H29N5O2/c1-2-8-28-16-19-13-20(15-25-21(19)24(28)31)29-11-6-7-17-12-18(14-26-22(17)29)23(30)27-9-4-3-5-10-27/h12-15H,2-11,16H2,1H3. The second-order valence-corrected chi connectivity index (χ2v) is 8.74. The molecule has 0 N–H and O–H groups in total. The predicted octanol–water partition coefficient (Wildman–Crippen LogP) is 3.55. The third-order valence-corrected chi connectivity index (χ3v) is 6.52. The number of aromatic nitrogens is 2. The Labute approximate surface area is 183 Å². The van der Waals surface area contributed by atoms with Crippen LogP contribution >= 0.6 is 0 Å². The van der Waals surface area contributed by atoms with E-state index < -0.39 is 0 Å². The summed E-state index contributed by atoms with van der Waals surface area (Å²) in [5.41, 5.74) is 4.33. The quantitative estimate of drug-likeness (QED) is 0.758. The average Bonchev–Trinajstić information content (AvgIpc) is 3.13. The summed E-state index contributed by atoms with van der Waals surface area (Å²) in [6, 6.07) is 4.11. The number of anilines is 2. The van der Waals surface area contributed by atoms with E-state index in [0.29, 0.717) is 17.8 Å². The second kappa shape index (κ2) is 8.29. The van der Waals surface area contributed by atoms with Gasteiger partial charge in [-0.1, -0.05) is 6.92 Å². The van der Waals surface area contributed by atoms with E-state index in [9.17, 15) is 9.59 Å². The van der Waals surface area contributed by atoms with E-state index in [2.05, 4.69) is 22.9 Å². The molecule has 0 saturated carbocycles. The summed E-state index contributed by atoms with van der Waals surface area (Å²) in [6.07, 6.45) is 9.74. The highest BCUT2D eigenvalue weighted by Crippen LogP contribution is 2.34. The van der Waals surface area contributed by atoms with Crippen molar-refractivity contribution in [1.29, 1.82) is 0 Å². The number of nitrogens with zero attached hydrogens (tertiary/aromatic N) is 5. The number of pyridine rings is 2. The van der Waals surface area contributed by atoms with Crippen molar-refractivity contribution in [2.75, 3.05) is 31.1 Å². The largest absolute Gasteiger partial charge is 0.339 e. The molecule has 2 aromatic rings. The maximum atomic E-state index is 12.9. The Morgan fingerprint density at radius 1 is 1.00 bits per heavy atom. The van der Waals surface area contributed by atoms with Gasteiger partial charge in [0.15, 0.2) is 0 Å². The normalized spacial score (nSPS) is 18.2. The number of piperidine rings is 1. The number of likely N-dealkylation sites (tertiary alicyclic amines) is 1. The van der Waals surface area contributed by atoms with Crippen LogP contribution in [0.3, 0.4) is 0 Å². The number of amides is 2. The minimum atomic E-state index is 0.0291. The van der Waals surface area contributed by atoms with Crippen LogP contribution in [0.4, 0.5) is 11.5 Å². The van der Waals surface area contributed by atoms with E-state index >= 15 is 0 Å². The molecule has 0 bridgehead atoms. The summed E-state index contributed by atoms with van der Waals surface area (Å²) in [6.45, 7) is 6.00. The number of carbonyl (C=O) groups excluding carboxylic acids is 2. The summed E-state index contributed by atoms with van der Waals surface area (Å²) in [5, 5.41) is 0. The molecule has 0 radical (unpaired) electrons. The van der Waals surface area contributed by atoms with Crippen molar-refractivity contribution in [2.24, 2.45) is 0 Å². The van der Waals surface area contributed by atoms with Gasteiger partial charge in [-0.25, -0.2) is 9.97 Å². The van der Waals surface area contributed by atoms with Crippen molar-refractivity contribution >= 4 is 23.3 Å². The van der Waals surface area contributed by atoms with Crippen LogP contribution in [-0.2, 0) is 13.0 Å². The molecule has 0 atom stereocenters. The van der Waals surface area contributed by atoms with Gasteiger partial charge >= 0.3 is 0 Å². The first kappa shape index (κ1) is 20.0. The van der Waals surface area contributed by atoms with E-state index in [1.54, 1.807) is 12.4 Å². The van der Waals surface area contributed by atoms with Crippen molar-refractivity contribution in [1.82, 2.24) is 19.8 Å². The SMILES string of the molecule is CCCN1Cc2cc(N3CCCc4cc(C(=O)N5CCCCC5)cnc43)cnc2C1=O. The molecule has 5 rings (SSSR count). The zero-order valence-electron chi connectivity index (χ0n) is 18.1. The molecular formula is C24H29N5O2. The van der Waals surface area contributed by atoms with Crippen LogP contribution in [0.2, 0.25) is 0 Å². The maximum absolute atomic E-state index is 12.9. The Morgan fingerprint density at radius 2 is 1.84 bits per heavy atom. The molecule has 3 aliphatic rings. The molecular weight excluding hydrogens is 390 g/mol. The third kappa shape index (κ3) is 3.66. The van der Waals surface area contributed by atoms with Gasteiger partial charge in [0, 0.05) is 44.5 Å². The van der Waals surface area contributed by atoms with Crippen molar-refractivity contribution in [2.45, 2.75) is 52.0 Å². The molecule has 5 heterocycles. The van der Waals surface area contributed by atoms with Crippen molar-refractivity contribution in [3.63, 3.8) is 0 Å². The monoisotopic (exact) mass is 419 g/mol. The molecule has 7 heteroatoms. The van der Waals surface area contributed by atoms with Gasteiger partial charge in [-0.2, -0.15) is 0 Å². The topological polar surface area (TPSA) is 69.6 Å². The Balaban J connectivity index is 1.41. The van der Waals surface area contributed by atoms with Gasteiger partial charge in [-0.15, -0.1) is 0 Å². The van der Waals surface area contributed by atoms with E-state index in [1.807, 2.05) is 15.9 Å². The molecule has 0 aliphatic carbocycles. The van der Waals surface area contributed by atoms with Crippen LogP contribution in [0.5, 0.6) is 0 Å². The molecule has 3 aliphatic heterocycles. The lowest BCUT2D eigenvalue weighted by Crippen LogP contribution is -2.36. The van der Waals surface area contributed by atoms with E-state index in [4.69, 9.17) is 4.98 Å². The summed E-state index contributed by atoms with van der Waals surface area (Å²) in [5.74, 6) is 1.03. The molecule has 0 unspecified atom stereocenters.